The molecule has 0 aliphatic carbocycles. The summed E-state index contributed by atoms with van der Waals surface area (Å²) in [5.41, 5.74) is 7.19. The lowest BCUT2D eigenvalue weighted by Gasteiger charge is -2.39. The van der Waals surface area contributed by atoms with Crippen LogP contribution in [0.5, 0.6) is 0 Å². The zero-order chi connectivity index (χ0) is 18.5. The van der Waals surface area contributed by atoms with Crippen molar-refractivity contribution in [3.8, 4) is 0 Å². The minimum Gasteiger partial charge on any atom is -0.366 e. The van der Waals surface area contributed by atoms with Gasteiger partial charge in [-0.25, -0.2) is 4.98 Å². The van der Waals surface area contributed by atoms with E-state index in [1.165, 1.54) is 18.2 Å². The van der Waals surface area contributed by atoms with Crippen LogP contribution in [0.25, 0.3) is 10.9 Å². The summed E-state index contributed by atoms with van der Waals surface area (Å²) < 4.78 is 4.49. The van der Waals surface area contributed by atoms with Crippen LogP contribution >= 0.6 is 0 Å². The van der Waals surface area contributed by atoms with E-state index in [0.29, 0.717) is 23.7 Å². The number of benzene rings is 1. The Balaban J connectivity index is 1.41. The molecule has 2 N–H and O–H groups in total. The molecule has 5 rings (SSSR count). The molecule has 0 radical (unpaired) electrons. The Kier molecular flexibility index (Phi) is 3.82. The van der Waals surface area contributed by atoms with Gasteiger partial charge < -0.3 is 14.9 Å². The highest BCUT2D eigenvalue weighted by Crippen LogP contribution is 2.42. The Hall–Kier alpha value is -2.60. The number of primary amides is 1. The summed E-state index contributed by atoms with van der Waals surface area (Å²) in [6, 6.07) is 9.57. The molecule has 6 nitrogen and oxygen atoms in total. The molecule has 1 amide bonds. The Morgan fingerprint density at radius 1 is 1.15 bits per heavy atom. The maximum Gasteiger partial charge on any atom is 0.248 e. The second kappa shape index (κ2) is 6.23. The molecule has 2 aromatic heterocycles. The van der Waals surface area contributed by atoms with Crippen molar-refractivity contribution in [2.75, 3.05) is 0 Å². The van der Waals surface area contributed by atoms with E-state index in [1.807, 2.05) is 30.6 Å². The lowest BCUT2D eigenvalue weighted by Crippen LogP contribution is -2.43. The van der Waals surface area contributed by atoms with Gasteiger partial charge in [-0.2, -0.15) is 0 Å². The third-order valence-corrected chi connectivity index (χ3v) is 6.51. The number of carbonyl (C=O) groups is 1. The summed E-state index contributed by atoms with van der Waals surface area (Å²) >= 11 is 0. The minimum absolute atomic E-state index is 0.366. The van der Waals surface area contributed by atoms with Crippen molar-refractivity contribution in [3.63, 3.8) is 0 Å². The van der Waals surface area contributed by atoms with Gasteiger partial charge in [0.15, 0.2) is 0 Å². The smallest absolute Gasteiger partial charge is 0.248 e. The first-order valence-corrected chi connectivity index (χ1v) is 9.72. The second-order valence-corrected chi connectivity index (χ2v) is 8.00. The third-order valence-electron chi connectivity index (χ3n) is 6.51. The van der Waals surface area contributed by atoms with Gasteiger partial charge in [0.2, 0.25) is 5.91 Å². The van der Waals surface area contributed by atoms with E-state index in [1.54, 1.807) is 0 Å². The maximum atomic E-state index is 11.6. The van der Waals surface area contributed by atoms with Crippen LogP contribution in [0.3, 0.4) is 0 Å². The first-order chi connectivity index (χ1) is 13.1. The topological polar surface area (TPSA) is 69.1 Å². The highest BCUT2D eigenvalue weighted by Gasteiger charge is 2.41. The molecule has 4 heterocycles. The van der Waals surface area contributed by atoms with Crippen LogP contribution in [0.2, 0.25) is 0 Å². The predicted octanol–water partition coefficient (Wildman–Crippen LogP) is 2.84. The van der Waals surface area contributed by atoms with Crippen molar-refractivity contribution in [1.82, 2.24) is 19.0 Å². The van der Waals surface area contributed by atoms with Crippen molar-refractivity contribution >= 4 is 16.8 Å². The van der Waals surface area contributed by atoms with Gasteiger partial charge in [-0.1, -0.05) is 6.07 Å². The molecule has 27 heavy (non-hydrogen) atoms. The van der Waals surface area contributed by atoms with Crippen molar-refractivity contribution in [2.24, 2.45) is 12.8 Å². The van der Waals surface area contributed by atoms with Gasteiger partial charge >= 0.3 is 0 Å². The van der Waals surface area contributed by atoms with Gasteiger partial charge in [-0.15, -0.1) is 0 Å². The SMILES string of the molecule is Cn1ccnc1CN1C2CCC1CC(n1ccc3ccc(C(N)=O)cc31)C2. The molecule has 2 unspecified atom stereocenters. The average molecular weight is 363 g/mol. The molecule has 2 aliphatic heterocycles. The van der Waals surface area contributed by atoms with E-state index in [-0.39, 0.29) is 5.91 Å². The quantitative estimate of drug-likeness (QED) is 0.775. The molecule has 2 atom stereocenters. The number of fused-ring (bicyclic) bond motifs is 3. The van der Waals surface area contributed by atoms with E-state index in [4.69, 9.17) is 5.73 Å². The number of nitrogens with two attached hydrogens (primary N) is 1. The molecule has 2 fully saturated rings. The molecular weight excluding hydrogens is 338 g/mol. The van der Waals surface area contributed by atoms with Crippen molar-refractivity contribution in [3.05, 3.63) is 54.2 Å². The minimum atomic E-state index is -0.366. The van der Waals surface area contributed by atoms with Crippen LogP contribution in [-0.4, -0.2) is 37.0 Å². The first kappa shape index (κ1) is 16.6. The van der Waals surface area contributed by atoms with Crippen LogP contribution in [0, 0.1) is 0 Å². The van der Waals surface area contributed by atoms with Gasteiger partial charge in [0, 0.05) is 54.8 Å². The zero-order valence-electron chi connectivity index (χ0n) is 15.6. The largest absolute Gasteiger partial charge is 0.366 e. The third kappa shape index (κ3) is 2.75. The summed E-state index contributed by atoms with van der Waals surface area (Å²) in [5, 5.41) is 1.17. The number of imidazole rings is 1. The van der Waals surface area contributed by atoms with E-state index >= 15 is 0 Å². The van der Waals surface area contributed by atoms with E-state index in [9.17, 15) is 4.79 Å². The number of hydrogen-bond donors (Lipinski definition) is 1. The first-order valence-electron chi connectivity index (χ1n) is 9.72. The number of hydrogen-bond acceptors (Lipinski definition) is 3. The number of amides is 1. The zero-order valence-corrected chi connectivity index (χ0v) is 15.6. The predicted molar refractivity (Wildman–Crippen MR) is 104 cm³/mol. The van der Waals surface area contributed by atoms with Crippen LogP contribution in [-0.2, 0) is 13.6 Å². The number of aromatic nitrogens is 3. The Morgan fingerprint density at radius 3 is 2.59 bits per heavy atom. The fourth-order valence-electron chi connectivity index (χ4n) is 5.06. The second-order valence-electron chi connectivity index (χ2n) is 8.00. The average Bonchev–Trinajstić information content (AvgIpc) is 3.32. The Bertz CT molecular complexity index is 989. The Morgan fingerprint density at radius 2 is 1.93 bits per heavy atom. The van der Waals surface area contributed by atoms with E-state index < -0.39 is 0 Å². The molecule has 2 aliphatic rings. The molecular formula is C21H25N5O. The molecule has 3 aromatic rings. The molecule has 2 saturated heterocycles. The molecule has 0 saturated carbocycles. The molecule has 6 heteroatoms. The Labute approximate surface area is 158 Å². The summed E-state index contributed by atoms with van der Waals surface area (Å²) in [6.45, 7) is 0.934. The molecule has 2 bridgehead atoms. The summed E-state index contributed by atoms with van der Waals surface area (Å²) in [7, 11) is 2.07. The lowest BCUT2D eigenvalue weighted by atomic mass is 9.96. The number of rotatable bonds is 4. The van der Waals surface area contributed by atoms with Crippen molar-refractivity contribution in [1.29, 1.82) is 0 Å². The molecule has 0 spiro atoms. The summed E-state index contributed by atoms with van der Waals surface area (Å²) in [6.07, 6.45) is 10.9. The molecule has 140 valence electrons. The van der Waals surface area contributed by atoms with Crippen LogP contribution in [0.15, 0.2) is 42.9 Å². The van der Waals surface area contributed by atoms with E-state index in [2.05, 4.69) is 38.3 Å². The highest BCUT2D eigenvalue weighted by atomic mass is 16.1. The fourth-order valence-corrected chi connectivity index (χ4v) is 5.06. The lowest BCUT2D eigenvalue weighted by molar-refractivity contribution is 0.0969. The number of aryl methyl sites for hydroxylation is 1. The van der Waals surface area contributed by atoms with Gasteiger partial charge in [0.05, 0.1) is 6.54 Å². The molecule has 1 aromatic carbocycles. The summed E-state index contributed by atoms with van der Waals surface area (Å²) in [4.78, 5) is 18.8. The van der Waals surface area contributed by atoms with Crippen LogP contribution in [0.4, 0.5) is 0 Å². The standard InChI is InChI=1S/C21H25N5O/c1-24-9-7-23-20(24)13-26-16-4-5-17(26)12-18(11-16)25-8-6-14-2-3-15(21(22)27)10-19(14)25/h2-3,6-10,16-18H,4-5,11-13H2,1H3,(H2,22,27). The normalized spacial score (nSPS) is 25.3. The number of nitrogens with zero attached hydrogens (tertiary/aromatic N) is 4. The van der Waals surface area contributed by atoms with Gasteiger partial charge in [0.1, 0.15) is 5.82 Å². The van der Waals surface area contributed by atoms with Gasteiger partial charge in [-0.3, -0.25) is 9.69 Å². The number of carbonyl (C=O) groups excluding carboxylic acids is 1. The van der Waals surface area contributed by atoms with E-state index in [0.717, 1.165) is 30.7 Å². The van der Waals surface area contributed by atoms with Gasteiger partial charge in [0.25, 0.3) is 0 Å². The van der Waals surface area contributed by atoms with Crippen molar-refractivity contribution in [2.45, 2.75) is 50.4 Å². The monoisotopic (exact) mass is 363 g/mol. The maximum absolute atomic E-state index is 11.6. The fraction of sp³-hybridized carbons (Fsp3) is 0.429. The van der Waals surface area contributed by atoms with Gasteiger partial charge in [-0.05, 0) is 49.3 Å². The van der Waals surface area contributed by atoms with Crippen LogP contribution < -0.4 is 5.73 Å². The highest BCUT2D eigenvalue weighted by molar-refractivity contribution is 5.97. The number of piperidine rings is 1. The summed E-state index contributed by atoms with van der Waals surface area (Å²) in [5.74, 6) is 0.775. The van der Waals surface area contributed by atoms with Crippen molar-refractivity contribution < 1.29 is 4.79 Å². The van der Waals surface area contributed by atoms with Crippen LogP contribution in [0.1, 0.15) is 47.9 Å².